The van der Waals surface area contributed by atoms with E-state index in [1.165, 1.54) is 0 Å². The molecule has 1 aromatic rings. The molecule has 118 valence electrons. The smallest absolute Gasteiger partial charge is 0.241 e. The van der Waals surface area contributed by atoms with Gasteiger partial charge < -0.3 is 10.5 Å². The zero-order valence-corrected chi connectivity index (χ0v) is 13.5. The van der Waals surface area contributed by atoms with Crippen LogP contribution in [0.4, 0.5) is 0 Å². The van der Waals surface area contributed by atoms with Crippen molar-refractivity contribution >= 4 is 10.0 Å². The van der Waals surface area contributed by atoms with Gasteiger partial charge >= 0.3 is 0 Å². The highest BCUT2D eigenvalue weighted by Crippen LogP contribution is 2.24. The maximum Gasteiger partial charge on any atom is 0.241 e. The van der Waals surface area contributed by atoms with Gasteiger partial charge in [-0.3, -0.25) is 0 Å². The van der Waals surface area contributed by atoms with Gasteiger partial charge in [-0.15, -0.1) is 0 Å². The van der Waals surface area contributed by atoms with E-state index in [4.69, 9.17) is 10.5 Å². The van der Waals surface area contributed by atoms with Crippen molar-refractivity contribution in [3.05, 3.63) is 29.3 Å². The number of rotatable bonds is 5. The predicted octanol–water partition coefficient (Wildman–Crippen LogP) is 1.56. The molecule has 3 N–H and O–H groups in total. The summed E-state index contributed by atoms with van der Waals surface area (Å²) in [5.74, 6) is 0. The Morgan fingerprint density at radius 1 is 1.43 bits per heavy atom. The lowest BCUT2D eigenvalue weighted by molar-refractivity contribution is 0.0386. The second kappa shape index (κ2) is 6.44. The molecule has 5 nitrogen and oxygen atoms in total. The average molecular weight is 312 g/mol. The van der Waals surface area contributed by atoms with Crippen LogP contribution in [-0.2, 0) is 27.7 Å². The number of nitrogens with two attached hydrogens (primary N) is 1. The third-order valence-electron chi connectivity index (χ3n) is 3.86. The van der Waals surface area contributed by atoms with Crippen molar-refractivity contribution in [1.82, 2.24) is 4.72 Å². The first-order valence-corrected chi connectivity index (χ1v) is 8.82. The lowest BCUT2D eigenvalue weighted by Crippen LogP contribution is -2.51. The van der Waals surface area contributed by atoms with Crippen molar-refractivity contribution in [3.8, 4) is 0 Å². The Labute approximate surface area is 126 Å². The van der Waals surface area contributed by atoms with Gasteiger partial charge in [-0.2, -0.15) is 0 Å². The maximum absolute atomic E-state index is 12.7. The van der Waals surface area contributed by atoms with Crippen LogP contribution < -0.4 is 10.5 Å². The number of nitrogens with one attached hydrogen (secondary N) is 1. The molecule has 1 saturated heterocycles. The van der Waals surface area contributed by atoms with Gasteiger partial charge in [0.05, 0.1) is 17.0 Å². The molecule has 0 radical (unpaired) electrons. The highest BCUT2D eigenvalue weighted by atomic mass is 32.2. The summed E-state index contributed by atoms with van der Waals surface area (Å²) in [4.78, 5) is 0.333. The summed E-state index contributed by atoms with van der Waals surface area (Å²) >= 11 is 0. The fourth-order valence-electron chi connectivity index (χ4n) is 2.66. The van der Waals surface area contributed by atoms with Gasteiger partial charge in [-0.1, -0.05) is 19.1 Å². The third-order valence-corrected chi connectivity index (χ3v) is 5.58. The van der Waals surface area contributed by atoms with Gasteiger partial charge in [0.2, 0.25) is 10.0 Å². The molecular weight excluding hydrogens is 288 g/mol. The molecule has 0 saturated carbocycles. The number of ether oxygens (including phenoxy) is 1. The fourth-order valence-corrected chi connectivity index (χ4v) is 4.45. The Bertz CT molecular complexity index is 593. The minimum absolute atomic E-state index is 0.326. The van der Waals surface area contributed by atoms with E-state index in [9.17, 15) is 8.42 Å². The molecule has 2 rings (SSSR count). The highest BCUT2D eigenvalue weighted by Gasteiger charge is 2.33. The summed E-state index contributed by atoms with van der Waals surface area (Å²) in [6.07, 6.45) is 2.31. The molecule has 1 aliphatic heterocycles. The number of hydrogen-bond donors (Lipinski definition) is 2. The zero-order valence-electron chi connectivity index (χ0n) is 12.7. The minimum atomic E-state index is -3.58. The average Bonchev–Trinajstić information content (AvgIpc) is 2.46. The number of benzene rings is 1. The quantitative estimate of drug-likeness (QED) is 0.864. The van der Waals surface area contributed by atoms with Crippen LogP contribution in [0, 0.1) is 0 Å². The van der Waals surface area contributed by atoms with Crippen LogP contribution in [0.1, 0.15) is 37.8 Å². The number of sulfonamides is 1. The molecule has 0 spiro atoms. The summed E-state index contributed by atoms with van der Waals surface area (Å²) in [5, 5.41) is 0. The van der Waals surface area contributed by atoms with Crippen LogP contribution in [0.3, 0.4) is 0 Å². The summed E-state index contributed by atoms with van der Waals surface area (Å²) in [7, 11) is -3.58. The highest BCUT2D eigenvalue weighted by molar-refractivity contribution is 7.89. The molecule has 1 heterocycles. The topological polar surface area (TPSA) is 81.4 Å². The second-order valence-electron chi connectivity index (χ2n) is 5.82. The van der Waals surface area contributed by atoms with E-state index in [1.54, 1.807) is 6.07 Å². The van der Waals surface area contributed by atoms with E-state index in [1.807, 2.05) is 26.0 Å². The SMILES string of the molecule is CCc1ccc(CN)cc1S(=O)(=O)NC1(C)CCCOC1. The van der Waals surface area contributed by atoms with Crippen LogP contribution in [0.5, 0.6) is 0 Å². The van der Waals surface area contributed by atoms with Gasteiger partial charge in [0.25, 0.3) is 0 Å². The molecule has 6 heteroatoms. The summed E-state index contributed by atoms with van der Waals surface area (Å²) in [6, 6.07) is 5.40. The minimum Gasteiger partial charge on any atom is -0.380 e. The van der Waals surface area contributed by atoms with E-state index in [2.05, 4.69) is 4.72 Å². The first-order valence-electron chi connectivity index (χ1n) is 7.34. The molecule has 1 fully saturated rings. The molecule has 21 heavy (non-hydrogen) atoms. The molecular formula is C15H24N2O3S. The summed E-state index contributed by atoms with van der Waals surface area (Å²) in [5.41, 5.74) is 6.71. The summed E-state index contributed by atoms with van der Waals surface area (Å²) < 4.78 is 33.7. The molecule has 0 bridgehead atoms. The van der Waals surface area contributed by atoms with Gasteiger partial charge in [0.15, 0.2) is 0 Å². The van der Waals surface area contributed by atoms with Crippen LogP contribution in [0.2, 0.25) is 0 Å². The van der Waals surface area contributed by atoms with E-state index in [0.717, 1.165) is 24.0 Å². The lowest BCUT2D eigenvalue weighted by Gasteiger charge is -2.34. The Morgan fingerprint density at radius 3 is 2.76 bits per heavy atom. The predicted molar refractivity (Wildman–Crippen MR) is 82.5 cm³/mol. The van der Waals surface area contributed by atoms with Crippen molar-refractivity contribution in [2.75, 3.05) is 13.2 Å². The van der Waals surface area contributed by atoms with E-state index < -0.39 is 15.6 Å². The second-order valence-corrected chi connectivity index (χ2v) is 7.47. The standard InChI is InChI=1S/C15H24N2O3S/c1-3-13-6-5-12(10-16)9-14(13)21(18,19)17-15(2)7-4-8-20-11-15/h5-6,9,17H,3-4,7-8,10-11,16H2,1-2H3. The van der Waals surface area contributed by atoms with Crippen LogP contribution in [0.25, 0.3) is 0 Å². The third kappa shape index (κ3) is 3.83. The number of aryl methyl sites for hydroxylation is 1. The van der Waals surface area contributed by atoms with Crippen molar-refractivity contribution in [1.29, 1.82) is 0 Å². The fraction of sp³-hybridized carbons (Fsp3) is 0.600. The Balaban J connectivity index is 2.34. The van der Waals surface area contributed by atoms with Crippen molar-refractivity contribution < 1.29 is 13.2 Å². The van der Waals surface area contributed by atoms with Crippen LogP contribution >= 0.6 is 0 Å². The van der Waals surface area contributed by atoms with Crippen LogP contribution in [-0.4, -0.2) is 27.2 Å². The molecule has 0 aliphatic carbocycles. The van der Waals surface area contributed by atoms with Crippen LogP contribution in [0.15, 0.2) is 23.1 Å². The Morgan fingerprint density at radius 2 is 2.19 bits per heavy atom. The molecule has 1 unspecified atom stereocenters. The Hall–Kier alpha value is -0.950. The van der Waals surface area contributed by atoms with E-state index in [-0.39, 0.29) is 0 Å². The molecule has 0 aromatic heterocycles. The molecule has 1 atom stereocenters. The van der Waals surface area contributed by atoms with Gasteiger partial charge in [-0.25, -0.2) is 13.1 Å². The zero-order chi connectivity index (χ0) is 15.5. The Kier molecular flexibility index (Phi) is 5.03. The first-order chi connectivity index (χ1) is 9.90. The summed E-state index contributed by atoms with van der Waals surface area (Å²) in [6.45, 7) is 5.27. The van der Waals surface area contributed by atoms with Gasteiger partial charge in [0.1, 0.15) is 0 Å². The van der Waals surface area contributed by atoms with Gasteiger partial charge in [0, 0.05) is 13.2 Å². The first kappa shape index (κ1) is 16.4. The molecule has 1 aliphatic rings. The molecule has 0 amide bonds. The van der Waals surface area contributed by atoms with Crippen molar-refractivity contribution in [2.24, 2.45) is 5.73 Å². The van der Waals surface area contributed by atoms with Crippen molar-refractivity contribution in [2.45, 2.75) is 50.1 Å². The monoisotopic (exact) mass is 312 g/mol. The van der Waals surface area contributed by atoms with E-state index >= 15 is 0 Å². The largest absolute Gasteiger partial charge is 0.380 e. The van der Waals surface area contributed by atoms with Crippen molar-refractivity contribution in [3.63, 3.8) is 0 Å². The lowest BCUT2D eigenvalue weighted by atomic mass is 9.97. The maximum atomic E-state index is 12.7. The van der Waals surface area contributed by atoms with Gasteiger partial charge in [-0.05, 0) is 43.4 Å². The number of hydrogen-bond acceptors (Lipinski definition) is 4. The van der Waals surface area contributed by atoms with E-state index in [0.29, 0.717) is 31.1 Å². The molecule has 1 aromatic carbocycles. The normalized spacial score (nSPS) is 23.2.